The van der Waals surface area contributed by atoms with Crippen LogP contribution in [0.25, 0.3) is 10.4 Å². The number of carbonyl (C=O) groups is 1. The smallest absolute Gasteiger partial charge is 0.544 e. The van der Waals surface area contributed by atoms with Crippen LogP contribution in [0.4, 0.5) is 17.6 Å². The van der Waals surface area contributed by atoms with E-state index in [1.807, 2.05) is 0 Å². The van der Waals surface area contributed by atoms with Crippen LogP contribution in [0.15, 0.2) is 5.11 Å². The molecule has 0 radical (unpaired) electrons. The molecule has 0 aliphatic carbocycles. The Hall–Kier alpha value is -0.500. The summed E-state index contributed by atoms with van der Waals surface area (Å²) in [6.45, 7) is 0. The zero-order chi connectivity index (χ0) is 9.99. The molecule has 0 saturated heterocycles. The van der Waals surface area contributed by atoms with Gasteiger partial charge in [-0.15, -0.1) is 0 Å². The van der Waals surface area contributed by atoms with Crippen molar-refractivity contribution in [3.8, 4) is 0 Å². The summed E-state index contributed by atoms with van der Waals surface area (Å²) in [7, 11) is 0. The Morgan fingerprint density at radius 2 is 1.77 bits per heavy atom. The third kappa shape index (κ3) is 3.03. The van der Waals surface area contributed by atoms with Crippen molar-refractivity contribution in [2.75, 3.05) is 0 Å². The molecule has 0 aliphatic heterocycles. The van der Waals surface area contributed by atoms with Crippen molar-refractivity contribution in [3.63, 3.8) is 0 Å². The van der Waals surface area contributed by atoms with Gasteiger partial charge in [0.15, 0.2) is 0 Å². The van der Waals surface area contributed by atoms with Crippen LogP contribution in [0.2, 0.25) is 0 Å². The Bertz CT molecular complexity index is 239. The Kier molecular flexibility index (Phi) is 5.37. The van der Waals surface area contributed by atoms with Gasteiger partial charge < -0.3 is 9.90 Å². The average molecular weight is 209 g/mol. The number of aliphatic carboxylic acids is 1. The normalized spacial score (nSPS) is 11.1. The third-order valence-corrected chi connectivity index (χ3v) is 0.804. The molecule has 68 valence electrons. The fraction of sp³-hybridized carbons (Fsp3) is 0.667. The summed E-state index contributed by atoms with van der Waals surface area (Å²) >= 11 is 0. The van der Waals surface area contributed by atoms with Gasteiger partial charge in [0.25, 0.3) is 0 Å². The maximum Gasteiger partial charge on any atom is 1.00 e. The summed E-state index contributed by atoms with van der Waals surface area (Å²) < 4.78 is 47.4. The summed E-state index contributed by atoms with van der Waals surface area (Å²) in [6, 6.07) is -5.32. The molecule has 0 aromatic rings. The van der Waals surface area contributed by atoms with E-state index in [1.165, 1.54) is 10.0 Å². The van der Waals surface area contributed by atoms with Gasteiger partial charge in [-0.05, 0) is 10.6 Å². The van der Waals surface area contributed by atoms with E-state index in [0.717, 1.165) is 0 Å². The van der Waals surface area contributed by atoms with E-state index in [1.54, 1.807) is 0 Å². The fourth-order valence-electron chi connectivity index (χ4n) is 0.242. The molecule has 5 nitrogen and oxygen atoms in total. The van der Waals surface area contributed by atoms with Crippen LogP contribution >= 0.6 is 0 Å². The summed E-state index contributed by atoms with van der Waals surface area (Å²) in [5.74, 6) is -8.81. The quantitative estimate of drug-likeness (QED) is 0.126. The first-order valence-corrected chi connectivity index (χ1v) is 2.29. The minimum atomic E-state index is -5.50. The zero-order valence-corrected chi connectivity index (χ0v) is 8.17. The predicted octanol–water partition coefficient (Wildman–Crippen LogP) is -2.72. The van der Waals surface area contributed by atoms with E-state index in [4.69, 9.17) is 5.53 Å². The number of carboxylic acids is 1. The number of alkyl halides is 4. The second kappa shape index (κ2) is 4.66. The Labute approximate surface area is 90.6 Å². The van der Waals surface area contributed by atoms with Crippen molar-refractivity contribution >= 4 is 5.97 Å². The molecule has 0 unspecified atom stereocenters. The largest absolute Gasteiger partial charge is 1.00 e. The number of hydrogen-bond donors (Lipinski definition) is 0. The first-order valence-electron chi connectivity index (χ1n) is 2.29. The van der Waals surface area contributed by atoms with Crippen molar-refractivity contribution in [1.82, 2.24) is 0 Å². The second-order valence-electron chi connectivity index (χ2n) is 1.59. The minimum absolute atomic E-state index is 0. The van der Waals surface area contributed by atoms with Gasteiger partial charge in [0.05, 0.1) is 0 Å². The monoisotopic (exact) mass is 209 g/mol. The van der Waals surface area contributed by atoms with E-state index in [2.05, 4.69) is 0 Å². The molecule has 0 aromatic carbocycles. The maximum absolute atomic E-state index is 11.9. The number of azide groups is 1. The molecule has 0 saturated carbocycles. The van der Waals surface area contributed by atoms with Crippen molar-refractivity contribution < 1.29 is 57.0 Å². The van der Waals surface area contributed by atoms with Gasteiger partial charge in [-0.2, -0.15) is 17.6 Å². The molecule has 0 aromatic heterocycles. The molecule has 0 heterocycles. The summed E-state index contributed by atoms with van der Waals surface area (Å²) in [5, 5.41) is 10.7. The van der Waals surface area contributed by atoms with Gasteiger partial charge in [-0.3, -0.25) is 0 Å². The molecule has 0 rings (SSSR count). The number of nitrogens with zero attached hydrogens (tertiary/aromatic N) is 3. The van der Waals surface area contributed by atoms with Crippen LogP contribution in [0.5, 0.6) is 0 Å². The Morgan fingerprint density at radius 1 is 1.38 bits per heavy atom. The first kappa shape index (κ1) is 15.0. The number of hydrogen-bond acceptors (Lipinski definition) is 3. The Morgan fingerprint density at radius 3 is 2.00 bits per heavy atom. The van der Waals surface area contributed by atoms with Crippen molar-refractivity contribution in [3.05, 3.63) is 10.4 Å². The molecular weight excluding hydrogens is 209 g/mol. The molecule has 0 aliphatic rings. The second-order valence-corrected chi connectivity index (χ2v) is 1.59. The maximum atomic E-state index is 11.9. The van der Waals surface area contributed by atoms with Gasteiger partial charge in [0.1, 0.15) is 5.97 Å². The molecule has 0 bridgehead atoms. The standard InChI is InChI=1S/C3HF4N3O2.Na/c4-2(5,1(11)12)3(6,7)9-10-8;/h(H,11,12);/q;+1/p-1. The van der Waals surface area contributed by atoms with Crippen molar-refractivity contribution in [2.24, 2.45) is 5.11 Å². The predicted molar refractivity (Wildman–Crippen MR) is 24.0 cm³/mol. The molecule has 10 heteroatoms. The number of halogens is 4. The SMILES string of the molecule is [N-]=[N+]=NC(F)(F)C(F)(F)C(=O)[O-].[Na+]. The fourth-order valence-corrected chi connectivity index (χ4v) is 0.242. The summed E-state index contributed by atoms with van der Waals surface area (Å²) in [6.07, 6.45) is 0. The van der Waals surface area contributed by atoms with E-state index < -0.39 is 17.9 Å². The average Bonchev–Trinajstić information content (AvgIpc) is 1.86. The van der Waals surface area contributed by atoms with E-state index in [9.17, 15) is 27.5 Å². The van der Waals surface area contributed by atoms with Crippen LogP contribution in [0.1, 0.15) is 0 Å². The molecule has 0 amide bonds. The van der Waals surface area contributed by atoms with Crippen molar-refractivity contribution in [2.45, 2.75) is 12.0 Å². The third-order valence-electron chi connectivity index (χ3n) is 0.804. The topological polar surface area (TPSA) is 88.9 Å². The number of carboxylic acid groups (broad SMARTS) is 1. The van der Waals surface area contributed by atoms with Gasteiger partial charge >= 0.3 is 41.5 Å². The summed E-state index contributed by atoms with van der Waals surface area (Å²) in [5.41, 5.74) is 7.38. The van der Waals surface area contributed by atoms with Gasteiger partial charge in [0, 0.05) is 4.91 Å². The molecule has 0 spiro atoms. The van der Waals surface area contributed by atoms with Crippen LogP contribution in [0, 0.1) is 0 Å². The number of rotatable bonds is 3. The van der Waals surface area contributed by atoms with E-state index in [0.29, 0.717) is 0 Å². The van der Waals surface area contributed by atoms with E-state index >= 15 is 0 Å². The van der Waals surface area contributed by atoms with Crippen LogP contribution in [-0.4, -0.2) is 17.9 Å². The summed E-state index contributed by atoms with van der Waals surface area (Å²) in [4.78, 5) is 10.8. The van der Waals surface area contributed by atoms with E-state index in [-0.39, 0.29) is 29.6 Å². The molecule has 0 N–H and O–H groups in total. The molecule has 13 heavy (non-hydrogen) atoms. The van der Waals surface area contributed by atoms with Crippen LogP contribution in [0.3, 0.4) is 0 Å². The Balaban J connectivity index is 0. The van der Waals surface area contributed by atoms with Gasteiger partial charge in [0.2, 0.25) is 0 Å². The van der Waals surface area contributed by atoms with Crippen LogP contribution < -0.4 is 34.7 Å². The molecular formula is C3F4N3NaO2. The van der Waals surface area contributed by atoms with Crippen LogP contribution in [-0.2, 0) is 4.79 Å². The van der Waals surface area contributed by atoms with Gasteiger partial charge in [-0.25, -0.2) is 0 Å². The first-order chi connectivity index (χ1) is 5.25. The molecule has 0 fully saturated rings. The zero-order valence-electron chi connectivity index (χ0n) is 6.17. The van der Waals surface area contributed by atoms with Gasteiger partial charge in [-0.1, -0.05) is 0 Å². The molecule has 0 atom stereocenters. The minimum Gasteiger partial charge on any atom is -0.544 e. The van der Waals surface area contributed by atoms with Crippen molar-refractivity contribution in [1.29, 1.82) is 0 Å². The number of carbonyl (C=O) groups excluding carboxylic acids is 1.